The molecule has 1 aromatic carbocycles. The third kappa shape index (κ3) is 3.61. The lowest BCUT2D eigenvalue weighted by Crippen LogP contribution is -2.35. The molecule has 0 N–H and O–H groups in total. The Labute approximate surface area is 108 Å². The average Bonchev–Trinajstić information content (AvgIpc) is 2.28. The van der Waals surface area contributed by atoms with Crippen LogP contribution in [0.2, 0.25) is 0 Å². The highest BCUT2D eigenvalue weighted by atomic mass is 19.1. The van der Waals surface area contributed by atoms with Crippen molar-refractivity contribution in [2.24, 2.45) is 4.99 Å². The van der Waals surface area contributed by atoms with Crippen molar-refractivity contribution in [1.82, 2.24) is 9.80 Å². The van der Waals surface area contributed by atoms with E-state index in [0.717, 1.165) is 11.5 Å². The number of aliphatic imine (C=N–C) groups is 1. The Morgan fingerprint density at radius 3 is 2.28 bits per heavy atom. The molecular weight excluding hydrogens is 233 g/mol. The van der Waals surface area contributed by atoms with E-state index >= 15 is 0 Å². The Balaban J connectivity index is 2.85. The summed E-state index contributed by atoms with van der Waals surface area (Å²) >= 11 is 0. The maximum absolute atomic E-state index is 13.5. The van der Waals surface area contributed by atoms with Crippen molar-refractivity contribution in [3.63, 3.8) is 0 Å². The van der Waals surface area contributed by atoms with Gasteiger partial charge in [0.25, 0.3) is 0 Å². The van der Waals surface area contributed by atoms with Gasteiger partial charge in [-0.1, -0.05) is 6.07 Å². The number of hydrogen-bond acceptors (Lipinski definition) is 2. The molecular formula is C13H20FN3O. The Morgan fingerprint density at radius 2 is 1.83 bits per heavy atom. The van der Waals surface area contributed by atoms with Gasteiger partial charge in [0, 0.05) is 28.2 Å². The fourth-order valence-electron chi connectivity index (χ4n) is 1.65. The van der Waals surface area contributed by atoms with E-state index in [2.05, 4.69) is 4.99 Å². The summed E-state index contributed by atoms with van der Waals surface area (Å²) < 4.78 is 18.4. The van der Waals surface area contributed by atoms with Crippen molar-refractivity contribution in [3.05, 3.63) is 29.6 Å². The van der Waals surface area contributed by atoms with Gasteiger partial charge in [0.1, 0.15) is 0 Å². The summed E-state index contributed by atoms with van der Waals surface area (Å²) in [5.74, 6) is 0.732. The predicted octanol–water partition coefficient (Wildman–Crippen LogP) is 1.81. The third-order valence-corrected chi connectivity index (χ3v) is 2.42. The number of halogens is 1. The Hall–Kier alpha value is -1.78. The fraction of sp³-hybridized carbons (Fsp3) is 0.462. The van der Waals surface area contributed by atoms with Crippen LogP contribution in [0.15, 0.2) is 23.2 Å². The second kappa shape index (κ2) is 6.23. The Morgan fingerprint density at radius 1 is 1.22 bits per heavy atom. The molecule has 0 saturated carbocycles. The van der Waals surface area contributed by atoms with Crippen LogP contribution in [-0.2, 0) is 6.54 Å². The molecule has 0 amide bonds. The largest absolute Gasteiger partial charge is 0.494 e. The molecule has 4 nitrogen and oxygen atoms in total. The summed E-state index contributed by atoms with van der Waals surface area (Å²) in [6.07, 6.45) is 0. The molecule has 0 atom stereocenters. The average molecular weight is 253 g/mol. The molecule has 100 valence electrons. The summed E-state index contributed by atoms with van der Waals surface area (Å²) in [5.41, 5.74) is 0.814. The number of rotatable bonds is 3. The standard InChI is InChI=1S/C13H20FN3O/c1-16(2)13(17(3)4)15-9-10-6-7-12(18-5)11(14)8-10/h6-8H,9H2,1-5H3. The first kappa shape index (κ1) is 14.3. The highest BCUT2D eigenvalue weighted by molar-refractivity contribution is 5.79. The lowest BCUT2D eigenvalue weighted by atomic mass is 10.2. The van der Waals surface area contributed by atoms with Gasteiger partial charge >= 0.3 is 0 Å². The molecule has 18 heavy (non-hydrogen) atoms. The van der Waals surface area contributed by atoms with Gasteiger partial charge in [-0.15, -0.1) is 0 Å². The normalized spacial score (nSPS) is 9.89. The van der Waals surface area contributed by atoms with E-state index in [1.807, 2.05) is 44.1 Å². The number of methoxy groups -OCH3 is 1. The number of guanidine groups is 1. The quantitative estimate of drug-likeness (QED) is 0.607. The molecule has 0 bridgehead atoms. The molecule has 5 heteroatoms. The van der Waals surface area contributed by atoms with Crippen molar-refractivity contribution >= 4 is 5.96 Å². The molecule has 0 unspecified atom stereocenters. The van der Waals surface area contributed by atoms with Crippen LogP contribution < -0.4 is 4.74 Å². The van der Waals surface area contributed by atoms with Crippen molar-refractivity contribution in [2.75, 3.05) is 35.3 Å². The van der Waals surface area contributed by atoms with Crippen LogP contribution in [0.3, 0.4) is 0 Å². The molecule has 1 rings (SSSR count). The zero-order valence-corrected chi connectivity index (χ0v) is 11.6. The van der Waals surface area contributed by atoms with Gasteiger partial charge in [-0.3, -0.25) is 0 Å². The van der Waals surface area contributed by atoms with Crippen LogP contribution in [0.5, 0.6) is 5.75 Å². The van der Waals surface area contributed by atoms with Crippen LogP contribution in [0, 0.1) is 5.82 Å². The number of ether oxygens (including phenoxy) is 1. The highest BCUT2D eigenvalue weighted by Crippen LogP contribution is 2.18. The number of nitrogens with zero attached hydrogens (tertiary/aromatic N) is 3. The van der Waals surface area contributed by atoms with Gasteiger partial charge in [-0.25, -0.2) is 9.38 Å². The molecule has 0 aromatic heterocycles. The first-order valence-electron chi connectivity index (χ1n) is 5.67. The van der Waals surface area contributed by atoms with Crippen LogP contribution in [0.25, 0.3) is 0 Å². The second-order valence-electron chi connectivity index (χ2n) is 4.37. The topological polar surface area (TPSA) is 28.1 Å². The summed E-state index contributed by atoms with van der Waals surface area (Å²) in [4.78, 5) is 8.28. The van der Waals surface area contributed by atoms with Gasteiger partial charge in [0.2, 0.25) is 0 Å². The fourth-order valence-corrected chi connectivity index (χ4v) is 1.65. The highest BCUT2D eigenvalue weighted by Gasteiger charge is 2.06. The Bertz CT molecular complexity index is 420. The maximum Gasteiger partial charge on any atom is 0.195 e. The smallest absolute Gasteiger partial charge is 0.195 e. The summed E-state index contributed by atoms with van der Waals surface area (Å²) in [5, 5.41) is 0. The van der Waals surface area contributed by atoms with Crippen molar-refractivity contribution in [3.8, 4) is 5.75 Å². The molecule has 0 radical (unpaired) electrons. The minimum absolute atomic E-state index is 0.253. The minimum atomic E-state index is -0.360. The molecule has 0 saturated heterocycles. The first-order valence-corrected chi connectivity index (χ1v) is 5.67. The Kier molecular flexibility index (Phi) is 4.95. The first-order chi connectivity index (χ1) is 8.45. The molecule has 0 spiro atoms. The van der Waals surface area contributed by atoms with E-state index < -0.39 is 0 Å². The van der Waals surface area contributed by atoms with Crippen molar-refractivity contribution < 1.29 is 9.13 Å². The van der Waals surface area contributed by atoms with E-state index in [9.17, 15) is 4.39 Å². The van der Waals surface area contributed by atoms with E-state index in [0.29, 0.717) is 6.54 Å². The molecule has 1 aromatic rings. The summed E-state index contributed by atoms with van der Waals surface area (Å²) in [7, 11) is 9.15. The molecule has 0 aliphatic carbocycles. The molecule has 0 aliphatic rings. The van der Waals surface area contributed by atoms with Crippen LogP contribution in [0.1, 0.15) is 5.56 Å². The van der Waals surface area contributed by atoms with Gasteiger partial charge in [-0.2, -0.15) is 0 Å². The second-order valence-corrected chi connectivity index (χ2v) is 4.37. The van der Waals surface area contributed by atoms with Crippen molar-refractivity contribution in [1.29, 1.82) is 0 Å². The lowest BCUT2D eigenvalue weighted by Gasteiger charge is -2.22. The van der Waals surface area contributed by atoms with Crippen LogP contribution >= 0.6 is 0 Å². The summed E-state index contributed by atoms with van der Waals surface area (Å²) in [6.45, 7) is 0.437. The van der Waals surface area contributed by atoms with E-state index in [-0.39, 0.29) is 11.6 Å². The maximum atomic E-state index is 13.5. The monoisotopic (exact) mass is 253 g/mol. The van der Waals surface area contributed by atoms with E-state index in [1.165, 1.54) is 13.2 Å². The van der Waals surface area contributed by atoms with E-state index in [1.54, 1.807) is 6.07 Å². The van der Waals surface area contributed by atoms with Crippen LogP contribution in [0.4, 0.5) is 4.39 Å². The number of hydrogen-bond donors (Lipinski definition) is 0. The van der Waals surface area contributed by atoms with Gasteiger partial charge in [0.05, 0.1) is 13.7 Å². The molecule has 0 aliphatic heterocycles. The van der Waals surface area contributed by atoms with Crippen molar-refractivity contribution in [2.45, 2.75) is 6.54 Å². The lowest BCUT2D eigenvalue weighted by molar-refractivity contribution is 0.386. The van der Waals surface area contributed by atoms with Crippen LogP contribution in [-0.4, -0.2) is 51.1 Å². The molecule has 0 heterocycles. The summed E-state index contributed by atoms with van der Waals surface area (Å²) in [6, 6.07) is 4.88. The number of benzene rings is 1. The van der Waals surface area contributed by atoms with Gasteiger partial charge < -0.3 is 14.5 Å². The van der Waals surface area contributed by atoms with Gasteiger partial charge in [0.15, 0.2) is 17.5 Å². The minimum Gasteiger partial charge on any atom is -0.494 e. The zero-order chi connectivity index (χ0) is 13.7. The zero-order valence-electron chi connectivity index (χ0n) is 11.6. The third-order valence-electron chi connectivity index (χ3n) is 2.42. The predicted molar refractivity (Wildman–Crippen MR) is 71.5 cm³/mol. The SMILES string of the molecule is COc1ccc(CN=C(N(C)C)N(C)C)cc1F. The molecule has 0 fully saturated rings. The van der Waals surface area contributed by atoms with Gasteiger partial charge in [-0.05, 0) is 17.7 Å². The van der Waals surface area contributed by atoms with E-state index in [4.69, 9.17) is 4.74 Å².